The topological polar surface area (TPSA) is 49.8 Å². The number of rotatable bonds is 4. The van der Waals surface area contributed by atoms with Crippen LogP contribution in [0.25, 0.3) is 0 Å². The lowest BCUT2D eigenvalue weighted by atomic mass is 9.70. The van der Waals surface area contributed by atoms with Crippen LogP contribution < -0.4 is 10.6 Å². The molecule has 0 radical (unpaired) electrons. The molecule has 5 heteroatoms. The molecule has 0 amide bonds. The summed E-state index contributed by atoms with van der Waals surface area (Å²) >= 11 is 6.03. The Labute approximate surface area is 101 Å². The maximum absolute atomic E-state index is 6.03. The summed E-state index contributed by atoms with van der Waals surface area (Å²) in [6.07, 6.45) is 5.51. The first-order valence-electron chi connectivity index (χ1n) is 5.57. The van der Waals surface area contributed by atoms with E-state index in [0.29, 0.717) is 22.2 Å². The van der Waals surface area contributed by atoms with Crippen molar-refractivity contribution in [3.63, 3.8) is 0 Å². The molecule has 0 unspecified atom stereocenters. The van der Waals surface area contributed by atoms with E-state index < -0.39 is 0 Å². The summed E-state index contributed by atoms with van der Waals surface area (Å²) in [5.41, 5.74) is 0.411. The fraction of sp³-hybridized carbons (Fsp3) is 0.636. The summed E-state index contributed by atoms with van der Waals surface area (Å²) in [6.45, 7) is 3.21. The molecular formula is C11H17ClN4. The van der Waals surface area contributed by atoms with E-state index in [9.17, 15) is 0 Å². The second-order valence-corrected chi connectivity index (χ2v) is 5.07. The molecule has 0 bridgehead atoms. The fourth-order valence-electron chi connectivity index (χ4n) is 1.87. The lowest BCUT2D eigenvalue weighted by Gasteiger charge is -2.38. The van der Waals surface area contributed by atoms with E-state index in [2.05, 4.69) is 27.5 Å². The third-order valence-corrected chi connectivity index (χ3v) is 3.49. The van der Waals surface area contributed by atoms with Crippen molar-refractivity contribution in [2.24, 2.45) is 5.41 Å². The van der Waals surface area contributed by atoms with Gasteiger partial charge in [0.05, 0.1) is 6.20 Å². The number of nitrogens with zero attached hydrogens (tertiary/aromatic N) is 2. The third-order valence-electron chi connectivity index (χ3n) is 3.21. The molecule has 0 spiro atoms. The zero-order chi connectivity index (χ0) is 11.6. The van der Waals surface area contributed by atoms with Gasteiger partial charge in [0.15, 0.2) is 5.82 Å². The van der Waals surface area contributed by atoms with E-state index in [0.717, 1.165) is 6.54 Å². The SMILES string of the molecule is CNc1ncc(Cl)c(NCC2(C)CCC2)n1. The van der Waals surface area contributed by atoms with Crippen LogP contribution in [0.5, 0.6) is 0 Å². The molecule has 1 heterocycles. The first-order chi connectivity index (χ1) is 7.63. The van der Waals surface area contributed by atoms with Crippen molar-refractivity contribution in [1.29, 1.82) is 0 Å². The van der Waals surface area contributed by atoms with Gasteiger partial charge in [0, 0.05) is 13.6 Å². The monoisotopic (exact) mass is 240 g/mol. The van der Waals surface area contributed by atoms with Gasteiger partial charge in [0.1, 0.15) is 5.02 Å². The van der Waals surface area contributed by atoms with E-state index in [1.807, 2.05) is 0 Å². The van der Waals surface area contributed by atoms with Crippen LogP contribution in [-0.4, -0.2) is 23.6 Å². The molecule has 1 aliphatic rings. The molecule has 88 valence electrons. The van der Waals surface area contributed by atoms with E-state index in [4.69, 9.17) is 11.6 Å². The van der Waals surface area contributed by atoms with E-state index >= 15 is 0 Å². The lowest BCUT2D eigenvalue weighted by molar-refractivity contribution is 0.180. The number of anilines is 2. The van der Waals surface area contributed by atoms with Gasteiger partial charge in [-0.1, -0.05) is 24.9 Å². The van der Waals surface area contributed by atoms with Gasteiger partial charge in [-0.3, -0.25) is 0 Å². The minimum Gasteiger partial charge on any atom is -0.368 e. The van der Waals surface area contributed by atoms with Crippen molar-refractivity contribution in [3.05, 3.63) is 11.2 Å². The standard InChI is InChI=1S/C11H17ClN4/c1-11(4-3-5-11)7-15-9-8(12)6-14-10(13-2)16-9/h6H,3-5,7H2,1-2H3,(H2,13,14,15,16). The molecule has 0 aromatic carbocycles. The summed E-state index contributed by atoms with van der Waals surface area (Å²) in [7, 11) is 1.79. The highest BCUT2D eigenvalue weighted by molar-refractivity contribution is 6.32. The molecule has 0 saturated heterocycles. The summed E-state index contributed by atoms with van der Waals surface area (Å²) in [5.74, 6) is 1.31. The molecule has 1 aliphatic carbocycles. The number of halogens is 1. The van der Waals surface area contributed by atoms with Crippen LogP contribution in [0.3, 0.4) is 0 Å². The normalized spacial score (nSPS) is 17.7. The Hall–Kier alpha value is -1.03. The highest BCUT2D eigenvalue weighted by Crippen LogP contribution is 2.40. The third kappa shape index (κ3) is 2.38. The predicted molar refractivity (Wildman–Crippen MR) is 67.0 cm³/mol. The van der Waals surface area contributed by atoms with Gasteiger partial charge < -0.3 is 10.6 Å². The second kappa shape index (κ2) is 4.45. The molecule has 1 aromatic heterocycles. The zero-order valence-electron chi connectivity index (χ0n) is 9.68. The molecule has 2 rings (SSSR count). The molecule has 1 fully saturated rings. The quantitative estimate of drug-likeness (QED) is 0.850. The molecule has 1 saturated carbocycles. The van der Waals surface area contributed by atoms with Crippen LogP contribution >= 0.6 is 11.6 Å². The smallest absolute Gasteiger partial charge is 0.224 e. The van der Waals surface area contributed by atoms with Crippen molar-refractivity contribution in [2.75, 3.05) is 24.2 Å². The second-order valence-electron chi connectivity index (χ2n) is 4.66. The van der Waals surface area contributed by atoms with E-state index in [1.54, 1.807) is 13.2 Å². The summed E-state index contributed by atoms with van der Waals surface area (Å²) in [4.78, 5) is 8.33. The van der Waals surface area contributed by atoms with Gasteiger partial charge in [-0.15, -0.1) is 0 Å². The number of hydrogen-bond acceptors (Lipinski definition) is 4. The Balaban J connectivity index is 2.02. The minimum atomic E-state index is 0.411. The lowest BCUT2D eigenvalue weighted by Crippen LogP contribution is -2.33. The van der Waals surface area contributed by atoms with Crippen LogP contribution in [-0.2, 0) is 0 Å². The Bertz CT molecular complexity index is 376. The number of nitrogens with one attached hydrogen (secondary N) is 2. The maximum atomic E-state index is 6.03. The van der Waals surface area contributed by atoms with Gasteiger partial charge in [-0.05, 0) is 18.3 Å². The van der Waals surface area contributed by atoms with Crippen LogP contribution in [0.2, 0.25) is 5.02 Å². The van der Waals surface area contributed by atoms with Crippen LogP contribution in [0, 0.1) is 5.41 Å². The summed E-state index contributed by atoms with van der Waals surface area (Å²) in [6, 6.07) is 0. The van der Waals surface area contributed by atoms with Gasteiger partial charge in [0.2, 0.25) is 5.95 Å². The van der Waals surface area contributed by atoms with Gasteiger partial charge >= 0.3 is 0 Å². The molecular weight excluding hydrogens is 224 g/mol. The van der Waals surface area contributed by atoms with Crippen LogP contribution in [0.1, 0.15) is 26.2 Å². The molecule has 2 N–H and O–H groups in total. The van der Waals surface area contributed by atoms with Crippen LogP contribution in [0.15, 0.2) is 6.20 Å². The minimum absolute atomic E-state index is 0.411. The van der Waals surface area contributed by atoms with Crippen LogP contribution in [0.4, 0.5) is 11.8 Å². The number of aromatic nitrogens is 2. The van der Waals surface area contributed by atoms with Gasteiger partial charge in [-0.2, -0.15) is 4.98 Å². The predicted octanol–water partition coefficient (Wildman–Crippen LogP) is 2.77. The molecule has 16 heavy (non-hydrogen) atoms. The van der Waals surface area contributed by atoms with Crippen molar-refractivity contribution in [2.45, 2.75) is 26.2 Å². The van der Waals surface area contributed by atoms with Crippen molar-refractivity contribution in [1.82, 2.24) is 9.97 Å². The molecule has 4 nitrogen and oxygen atoms in total. The molecule has 0 atom stereocenters. The molecule has 1 aromatic rings. The summed E-state index contributed by atoms with van der Waals surface area (Å²) in [5, 5.41) is 6.78. The Morgan fingerprint density at radius 2 is 2.25 bits per heavy atom. The maximum Gasteiger partial charge on any atom is 0.224 e. The molecule has 0 aliphatic heterocycles. The first-order valence-corrected chi connectivity index (χ1v) is 5.95. The highest BCUT2D eigenvalue weighted by atomic mass is 35.5. The van der Waals surface area contributed by atoms with Crippen molar-refractivity contribution in [3.8, 4) is 0 Å². The highest BCUT2D eigenvalue weighted by Gasteiger charge is 2.31. The van der Waals surface area contributed by atoms with E-state index in [1.165, 1.54) is 19.3 Å². The largest absolute Gasteiger partial charge is 0.368 e. The Kier molecular flexibility index (Phi) is 3.19. The van der Waals surface area contributed by atoms with Gasteiger partial charge in [-0.25, -0.2) is 4.98 Å². The summed E-state index contributed by atoms with van der Waals surface area (Å²) < 4.78 is 0. The zero-order valence-corrected chi connectivity index (χ0v) is 10.4. The van der Waals surface area contributed by atoms with Gasteiger partial charge in [0.25, 0.3) is 0 Å². The average Bonchev–Trinajstić information content (AvgIpc) is 2.25. The van der Waals surface area contributed by atoms with Crippen molar-refractivity contribution < 1.29 is 0 Å². The fourth-order valence-corrected chi connectivity index (χ4v) is 2.02. The average molecular weight is 241 g/mol. The Morgan fingerprint density at radius 1 is 1.50 bits per heavy atom. The number of hydrogen-bond donors (Lipinski definition) is 2. The van der Waals surface area contributed by atoms with Crippen molar-refractivity contribution >= 4 is 23.4 Å². The van der Waals surface area contributed by atoms with E-state index in [-0.39, 0.29) is 0 Å². The first kappa shape index (κ1) is 11.5. The Morgan fingerprint density at radius 3 is 2.81 bits per heavy atom.